The third-order valence-corrected chi connectivity index (χ3v) is 6.78. The molecular weight excluding hydrogens is 306 g/mol. The van der Waals surface area contributed by atoms with Crippen LogP contribution in [0, 0.1) is 6.92 Å². The first-order valence-corrected chi connectivity index (χ1v) is 9.47. The Balaban J connectivity index is 3.01. The van der Waals surface area contributed by atoms with Crippen molar-refractivity contribution in [2.45, 2.75) is 31.0 Å². The van der Waals surface area contributed by atoms with Gasteiger partial charge in [0.25, 0.3) is 10.0 Å². The summed E-state index contributed by atoms with van der Waals surface area (Å²) in [5.74, 6) is 0. The predicted molar refractivity (Wildman–Crippen MR) is 89.4 cm³/mol. The fourth-order valence-electron chi connectivity index (χ4n) is 1.99. The van der Waals surface area contributed by atoms with Crippen LogP contribution < -0.4 is 5.32 Å². The second kappa shape index (κ2) is 8.24. The average molecular weight is 334 g/mol. The monoisotopic (exact) mass is 333 g/mol. The van der Waals surface area contributed by atoms with Gasteiger partial charge >= 0.3 is 0 Å². The van der Waals surface area contributed by atoms with Crippen molar-refractivity contribution < 1.29 is 8.42 Å². The molecule has 0 aliphatic carbocycles. The molecule has 5 nitrogen and oxygen atoms in total. The van der Waals surface area contributed by atoms with E-state index in [1.54, 1.807) is 10.4 Å². The van der Waals surface area contributed by atoms with E-state index in [4.69, 9.17) is 0 Å². The summed E-state index contributed by atoms with van der Waals surface area (Å²) in [6.07, 6.45) is 0.820. The second-order valence-corrected chi connectivity index (χ2v) is 8.71. The fraction of sp³-hybridized carbons (Fsp3) is 0.714. The van der Waals surface area contributed by atoms with Crippen molar-refractivity contribution in [2.75, 3.05) is 40.8 Å². The van der Waals surface area contributed by atoms with Crippen molar-refractivity contribution in [3.63, 3.8) is 0 Å². The predicted octanol–water partition coefficient (Wildman–Crippen LogP) is 1.74. The SMILES string of the molecule is CCCN(CCN(C)C)S(=O)(=O)c1cc(C)c(CNC)s1. The van der Waals surface area contributed by atoms with Crippen LogP contribution in [0.5, 0.6) is 0 Å². The van der Waals surface area contributed by atoms with Gasteiger partial charge in [-0.05, 0) is 46.1 Å². The van der Waals surface area contributed by atoms with Crippen LogP contribution in [0.25, 0.3) is 0 Å². The maximum atomic E-state index is 12.8. The van der Waals surface area contributed by atoms with Crippen molar-refractivity contribution in [1.29, 1.82) is 0 Å². The maximum absolute atomic E-state index is 12.8. The number of hydrogen-bond donors (Lipinski definition) is 1. The van der Waals surface area contributed by atoms with E-state index in [-0.39, 0.29) is 0 Å². The fourth-order valence-corrected chi connectivity index (χ4v) is 5.27. The van der Waals surface area contributed by atoms with Gasteiger partial charge in [-0.25, -0.2) is 8.42 Å². The van der Waals surface area contributed by atoms with Gasteiger partial charge in [-0.15, -0.1) is 11.3 Å². The van der Waals surface area contributed by atoms with E-state index in [1.807, 2.05) is 39.9 Å². The molecule has 1 N–H and O–H groups in total. The van der Waals surface area contributed by atoms with E-state index in [1.165, 1.54) is 11.3 Å². The Hall–Kier alpha value is -0.470. The number of thiophene rings is 1. The lowest BCUT2D eigenvalue weighted by Gasteiger charge is -2.22. The van der Waals surface area contributed by atoms with Gasteiger partial charge in [0.1, 0.15) is 4.21 Å². The van der Waals surface area contributed by atoms with Gasteiger partial charge in [-0.1, -0.05) is 6.92 Å². The van der Waals surface area contributed by atoms with Crippen molar-refractivity contribution >= 4 is 21.4 Å². The minimum atomic E-state index is -3.38. The van der Waals surface area contributed by atoms with Gasteiger partial charge in [0.15, 0.2) is 0 Å². The summed E-state index contributed by atoms with van der Waals surface area (Å²) in [4.78, 5) is 3.09. The first-order valence-electron chi connectivity index (χ1n) is 7.21. The maximum Gasteiger partial charge on any atom is 0.252 e. The zero-order valence-electron chi connectivity index (χ0n) is 13.6. The molecule has 0 spiro atoms. The molecule has 0 aliphatic heterocycles. The first kappa shape index (κ1) is 18.6. The van der Waals surface area contributed by atoms with Crippen molar-refractivity contribution in [1.82, 2.24) is 14.5 Å². The third-order valence-electron chi connectivity index (χ3n) is 3.20. The molecule has 1 heterocycles. The van der Waals surface area contributed by atoms with Gasteiger partial charge in [0, 0.05) is 31.1 Å². The summed E-state index contributed by atoms with van der Waals surface area (Å²) in [6, 6.07) is 1.80. The molecular formula is C14H27N3O2S2. The van der Waals surface area contributed by atoms with Gasteiger partial charge in [-0.3, -0.25) is 0 Å². The summed E-state index contributed by atoms with van der Waals surface area (Å²) in [6.45, 7) is 6.50. The molecule has 0 radical (unpaired) electrons. The lowest BCUT2D eigenvalue weighted by molar-refractivity contribution is 0.333. The molecule has 21 heavy (non-hydrogen) atoms. The molecule has 1 aromatic rings. The molecule has 0 unspecified atom stereocenters. The molecule has 0 saturated heterocycles. The minimum absolute atomic E-state index is 0.456. The van der Waals surface area contributed by atoms with Crippen LogP contribution in [-0.4, -0.2) is 58.4 Å². The van der Waals surface area contributed by atoms with E-state index in [0.717, 1.165) is 23.4 Å². The van der Waals surface area contributed by atoms with Crippen LogP contribution in [0.1, 0.15) is 23.8 Å². The quantitative estimate of drug-likeness (QED) is 0.748. The van der Waals surface area contributed by atoms with Crippen LogP contribution in [0.4, 0.5) is 0 Å². The number of hydrogen-bond acceptors (Lipinski definition) is 5. The number of rotatable bonds is 9. The highest BCUT2D eigenvalue weighted by Gasteiger charge is 2.26. The summed E-state index contributed by atoms with van der Waals surface area (Å²) in [5, 5.41) is 3.08. The molecule has 0 amide bonds. The summed E-state index contributed by atoms with van der Waals surface area (Å²) in [5.41, 5.74) is 1.04. The Morgan fingerprint density at radius 2 is 1.90 bits per heavy atom. The number of aryl methyl sites for hydroxylation is 1. The number of nitrogens with zero attached hydrogens (tertiary/aromatic N) is 2. The van der Waals surface area contributed by atoms with Crippen LogP contribution in [0.15, 0.2) is 10.3 Å². The molecule has 1 rings (SSSR count). The molecule has 0 bridgehead atoms. The largest absolute Gasteiger partial charge is 0.315 e. The van der Waals surface area contributed by atoms with Gasteiger partial charge in [0.2, 0.25) is 0 Å². The lowest BCUT2D eigenvalue weighted by atomic mass is 10.3. The molecule has 1 aromatic heterocycles. The lowest BCUT2D eigenvalue weighted by Crippen LogP contribution is -2.36. The summed E-state index contributed by atoms with van der Waals surface area (Å²) in [7, 11) is 2.40. The van der Waals surface area contributed by atoms with E-state index in [0.29, 0.717) is 23.8 Å². The molecule has 0 aliphatic rings. The average Bonchev–Trinajstić information content (AvgIpc) is 2.77. The smallest absolute Gasteiger partial charge is 0.252 e. The Morgan fingerprint density at radius 1 is 1.24 bits per heavy atom. The highest BCUT2D eigenvalue weighted by Crippen LogP contribution is 2.28. The van der Waals surface area contributed by atoms with Crippen molar-refractivity contribution in [2.24, 2.45) is 0 Å². The first-order chi connectivity index (χ1) is 9.82. The molecule has 0 atom stereocenters. The van der Waals surface area contributed by atoms with E-state index < -0.39 is 10.0 Å². The minimum Gasteiger partial charge on any atom is -0.315 e. The normalized spacial score (nSPS) is 12.5. The number of sulfonamides is 1. The Bertz CT molecular complexity index is 538. The third kappa shape index (κ3) is 5.03. The van der Waals surface area contributed by atoms with Crippen molar-refractivity contribution in [3.05, 3.63) is 16.5 Å². The zero-order valence-corrected chi connectivity index (χ0v) is 15.3. The van der Waals surface area contributed by atoms with Crippen molar-refractivity contribution in [3.8, 4) is 0 Å². The molecule has 122 valence electrons. The highest BCUT2D eigenvalue weighted by molar-refractivity contribution is 7.91. The number of nitrogens with one attached hydrogen (secondary N) is 1. The summed E-state index contributed by atoms with van der Waals surface area (Å²) >= 11 is 1.37. The Labute approximate surface area is 133 Å². The Morgan fingerprint density at radius 3 is 2.43 bits per heavy atom. The standard InChI is InChI=1S/C14H27N3O2S2/c1-6-7-17(9-8-16(4)5)21(18,19)14-10-12(2)13(20-14)11-15-3/h10,15H,6-9,11H2,1-5H3. The zero-order chi connectivity index (χ0) is 16.0. The van der Waals surface area contributed by atoms with Gasteiger partial charge in [0.05, 0.1) is 0 Å². The highest BCUT2D eigenvalue weighted by atomic mass is 32.2. The topological polar surface area (TPSA) is 52.7 Å². The van der Waals surface area contributed by atoms with Crippen LogP contribution in [0.2, 0.25) is 0 Å². The van der Waals surface area contributed by atoms with Gasteiger partial charge < -0.3 is 10.2 Å². The summed E-state index contributed by atoms with van der Waals surface area (Å²) < 4.78 is 27.7. The second-order valence-electron chi connectivity index (χ2n) is 5.41. The Kier molecular flexibility index (Phi) is 7.29. The molecule has 0 aromatic carbocycles. The van der Waals surface area contributed by atoms with Crippen LogP contribution >= 0.6 is 11.3 Å². The van der Waals surface area contributed by atoms with Gasteiger partial charge in [-0.2, -0.15) is 4.31 Å². The molecule has 7 heteroatoms. The number of likely N-dealkylation sites (N-methyl/N-ethyl adjacent to an activating group) is 1. The van der Waals surface area contributed by atoms with Crippen LogP contribution in [-0.2, 0) is 16.6 Å². The molecule has 0 fully saturated rings. The van der Waals surface area contributed by atoms with Crippen LogP contribution in [0.3, 0.4) is 0 Å². The van der Waals surface area contributed by atoms with E-state index in [9.17, 15) is 8.42 Å². The van der Waals surface area contributed by atoms with E-state index in [2.05, 4.69) is 5.32 Å². The molecule has 0 saturated carbocycles. The van der Waals surface area contributed by atoms with E-state index >= 15 is 0 Å².